The van der Waals surface area contributed by atoms with Crippen LogP contribution in [-0.4, -0.2) is 16.3 Å². The van der Waals surface area contributed by atoms with Crippen LogP contribution in [-0.2, 0) is 0 Å². The summed E-state index contributed by atoms with van der Waals surface area (Å²) in [5.74, 6) is 0. The maximum atomic E-state index is 11.5. The molecule has 0 fully saturated rings. The van der Waals surface area contributed by atoms with E-state index in [9.17, 15) is 4.79 Å². The molecule has 0 bridgehead atoms. The van der Waals surface area contributed by atoms with E-state index in [0.717, 1.165) is 6.42 Å². The van der Waals surface area contributed by atoms with Crippen molar-refractivity contribution in [3.05, 3.63) is 33.2 Å². The van der Waals surface area contributed by atoms with E-state index in [1.54, 1.807) is 22.9 Å². The van der Waals surface area contributed by atoms with Crippen LogP contribution in [0.4, 0.5) is 0 Å². The van der Waals surface area contributed by atoms with Gasteiger partial charge in [-0.3, -0.25) is 4.79 Å². The maximum Gasteiger partial charge on any atom is 0.265 e. The first-order valence-corrected chi connectivity index (χ1v) is 4.97. The third-order valence-corrected chi connectivity index (χ3v) is 2.61. The van der Waals surface area contributed by atoms with Crippen molar-refractivity contribution in [3.8, 4) is 0 Å². The van der Waals surface area contributed by atoms with E-state index < -0.39 is 0 Å². The van der Waals surface area contributed by atoms with E-state index >= 15 is 0 Å². The minimum atomic E-state index is -0.120. The van der Waals surface area contributed by atoms with Crippen LogP contribution in [0.25, 0.3) is 0 Å². The fraction of sp³-hybridized carbons (Fsp3) is 0.444. The second kappa shape index (κ2) is 4.58. The lowest BCUT2D eigenvalue weighted by molar-refractivity contribution is 0.221. The number of rotatable bonds is 3. The van der Waals surface area contributed by atoms with Crippen molar-refractivity contribution in [3.63, 3.8) is 0 Å². The SMILES string of the molecule is CCC(CO)n1cccc(Br)c1=O. The van der Waals surface area contributed by atoms with Crippen molar-refractivity contribution in [1.82, 2.24) is 4.57 Å². The smallest absolute Gasteiger partial charge is 0.265 e. The van der Waals surface area contributed by atoms with Gasteiger partial charge in [-0.25, -0.2) is 0 Å². The van der Waals surface area contributed by atoms with Gasteiger partial charge in [0, 0.05) is 6.20 Å². The van der Waals surface area contributed by atoms with Gasteiger partial charge in [-0.2, -0.15) is 0 Å². The second-order valence-electron chi connectivity index (χ2n) is 2.81. The molecule has 0 spiro atoms. The first-order chi connectivity index (χ1) is 6.20. The molecule has 72 valence electrons. The zero-order valence-electron chi connectivity index (χ0n) is 7.40. The molecule has 1 heterocycles. The van der Waals surface area contributed by atoms with Crippen LogP contribution >= 0.6 is 15.9 Å². The summed E-state index contributed by atoms with van der Waals surface area (Å²) in [5.41, 5.74) is -0.0941. The lowest BCUT2D eigenvalue weighted by Crippen LogP contribution is -2.26. The highest BCUT2D eigenvalue weighted by Crippen LogP contribution is 2.09. The Morgan fingerprint density at radius 1 is 1.69 bits per heavy atom. The standard InChI is InChI=1S/C9H12BrNO2/c1-2-7(6-12)11-5-3-4-8(10)9(11)13/h3-5,7,12H,2,6H2,1H3. The number of aliphatic hydroxyl groups is 1. The molecule has 1 atom stereocenters. The van der Waals surface area contributed by atoms with Crippen molar-refractivity contribution < 1.29 is 5.11 Å². The van der Waals surface area contributed by atoms with Crippen LogP contribution in [0.5, 0.6) is 0 Å². The number of halogens is 1. The minimum Gasteiger partial charge on any atom is -0.394 e. The summed E-state index contributed by atoms with van der Waals surface area (Å²) in [4.78, 5) is 11.5. The first-order valence-electron chi connectivity index (χ1n) is 4.18. The van der Waals surface area contributed by atoms with Gasteiger partial charge in [-0.1, -0.05) is 6.92 Å². The summed E-state index contributed by atoms with van der Waals surface area (Å²) in [6, 6.07) is 3.36. The molecule has 0 aliphatic carbocycles. The Hall–Kier alpha value is -0.610. The van der Waals surface area contributed by atoms with Crippen LogP contribution in [0.3, 0.4) is 0 Å². The lowest BCUT2D eigenvalue weighted by atomic mass is 10.2. The van der Waals surface area contributed by atoms with Gasteiger partial charge in [0.25, 0.3) is 5.56 Å². The molecule has 0 saturated heterocycles. The monoisotopic (exact) mass is 245 g/mol. The number of hydrogen-bond donors (Lipinski definition) is 1. The largest absolute Gasteiger partial charge is 0.394 e. The lowest BCUT2D eigenvalue weighted by Gasteiger charge is -2.14. The molecule has 0 aliphatic rings. The van der Waals surface area contributed by atoms with Crippen LogP contribution in [0, 0.1) is 0 Å². The second-order valence-corrected chi connectivity index (χ2v) is 3.67. The Balaban J connectivity index is 3.14. The third kappa shape index (κ3) is 2.19. The number of hydrogen-bond acceptors (Lipinski definition) is 2. The average Bonchev–Trinajstić information content (AvgIpc) is 2.14. The predicted molar refractivity (Wildman–Crippen MR) is 54.8 cm³/mol. The molecule has 4 heteroatoms. The summed E-state index contributed by atoms with van der Waals surface area (Å²) in [5, 5.41) is 9.02. The molecule has 0 saturated carbocycles. The number of aliphatic hydroxyl groups excluding tert-OH is 1. The number of aromatic nitrogens is 1. The van der Waals surface area contributed by atoms with E-state index in [0.29, 0.717) is 4.47 Å². The highest BCUT2D eigenvalue weighted by molar-refractivity contribution is 9.10. The van der Waals surface area contributed by atoms with Gasteiger partial charge in [0.05, 0.1) is 17.1 Å². The highest BCUT2D eigenvalue weighted by Gasteiger charge is 2.09. The van der Waals surface area contributed by atoms with Gasteiger partial charge < -0.3 is 9.67 Å². The summed E-state index contributed by atoms with van der Waals surface area (Å²) in [6.07, 6.45) is 2.43. The van der Waals surface area contributed by atoms with Gasteiger partial charge >= 0.3 is 0 Å². The van der Waals surface area contributed by atoms with Crippen molar-refractivity contribution >= 4 is 15.9 Å². The average molecular weight is 246 g/mol. The van der Waals surface area contributed by atoms with Gasteiger partial charge in [0.15, 0.2) is 0 Å². The molecule has 0 aliphatic heterocycles. The number of nitrogens with zero attached hydrogens (tertiary/aromatic N) is 1. The van der Waals surface area contributed by atoms with E-state index in [1.807, 2.05) is 6.92 Å². The first kappa shape index (κ1) is 10.5. The zero-order valence-corrected chi connectivity index (χ0v) is 8.99. The summed E-state index contributed by atoms with van der Waals surface area (Å²) < 4.78 is 2.08. The van der Waals surface area contributed by atoms with Crippen molar-refractivity contribution in [1.29, 1.82) is 0 Å². The molecule has 1 aromatic heterocycles. The molecule has 1 aromatic rings. The van der Waals surface area contributed by atoms with Crippen LogP contribution in [0.1, 0.15) is 19.4 Å². The Kier molecular flexibility index (Phi) is 3.69. The summed E-state index contributed by atoms with van der Waals surface area (Å²) in [7, 11) is 0. The molecule has 1 rings (SSSR count). The Morgan fingerprint density at radius 3 is 2.92 bits per heavy atom. The number of pyridine rings is 1. The topological polar surface area (TPSA) is 42.2 Å². The van der Waals surface area contributed by atoms with E-state index in [4.69, 9.17) is 5.11 Å². The molecule has 3 nitrogen and oxygen atoms in total. The van der Waals surface area contributed by atoms with Crippen LogP contribution < -0.4 is 5.56 Å². The third-order valence-electron chi connectivity index (χ3n) is 2.00. The molecule has 0 amide bonds. The maximum absolute atomic E-state index is 11.5. The van der Waals surface area contributed by atoms with Gasteiger partial charge in [0.2, 0.25) is 0 Å². The molecule has 0 aromatic carbocycles. The normalized spacial score (nSPS) is 12.8. The summed E-state index contributed by atoms with van der Waals surface area (Å²) >= 11 is 3.16. The van der Waals surface area contributed by atoms with Gasteiger partial charge in [-0.05, 0) is 34.5 Å². The Bertz CT molecular complexity index is 331. The van der Waals surface area contributed by atoms with Crippen LogP contribution in [0.2, 0.25) is 0 Å². The molecule has 1 N–H and O–H groups in total. The fourth-order valence-corrected chi connectivity index (χ4v) is 1.54. The van der Waals surface area contributed by atoms with E-state index in [2.05, 4.69) is 15.9 Å². The molecule has 13 heavy (non-hydrogen) atoms. The zero-order chi connectivity index (χ0) is 9.84. The Morgan fingerprint density at radius 2 is 2.38 bits per heavy atom. The quantitative estimate of drug-likeness (QED) is 0.879. The van der Waals surface area contributed by atoms with E-state index in [1.165, 1.54) is 0 Å². The predicted octanol–water partition coefficient (Wildman–Crippen LogP) is 1.55. The fourth-order valence-electron chi connectivity index (χ4n) is 1.18. The van der Waals surface area contributed by atoms with Crippen molar-refractivity contribution in [2.24, 2.45) is 0 Å². The highest BCUT2D eigenvalue weighted by atomic mass is 79.9. The van der Waals surface area contributed by atoms with Gasteiger partial charge in [-0.15, -0.1) is 0 Å². The van der Waals surface area contributed by atoms with Crippen molar-refractivity contribution in [2.75, 3.05) is 6.61 Å². The molecule has 0 radical (unpaired) electrons. The van der Waals surface area contributed by atoms with Crippen LogP contribution in [0.15, 0.2) is 27.6 Å². The molecule has 1 unspecified atom stereocenters. The van der Waals surface area contributed by atoms with E-state index in [-0.39, 0.29) is 18.2 Å². The minimum absolute atomic E-state index is 0.00708. The molecular formula is C9H12BrNO2. The Labute approximate surface area is 85.1 Å². The molecular weight excluding hydrogens is 234 g/mol. The van der Waals surface area contributed by atoms with Crippen molar-refractivity contribution in [2.45, 2.75) is 19.4 Å². The van der Waals surface area contributed by atoms with Gasteiger partial charge in [0.1, 0.15) is 0 Å². The summed E-state index contributed by atoms with van der Waals surface area (Å²) in [6.45, 7) is 1.93.